The van der Waals surface area contributed by atoms with Gasteiger partial charge in [0.1, 0.15) is 5.75 Å². The van der Waals surface area contributed by atoms with Gasteiger partial charge in [-0.05, 0) is 28.1 Å². The van der Waals surface area contributed by atoms with E-state index in [-0.39, 0.29) is 6.42 Å². The van der Waals surface area contributed by atoms with Crippen LogP contribution in [-0.4, -0.2) is 33.2 Å². The van der Waals surface area contributed by atoms with Gasteiger partial charge in [-0.1, -0.05) is 5.21 Å². The third kappa shape index (κ3) is 2.67. The van der Waals surface area contributed by atoms with Gasteiger partial charge in [-0.2, -0.15) is 0 Å². The largest absolute Gasteiger partial charge is 0.497 e. The number of carboxylic acid groups (broad SMARTS) is 1. The van der Waals surface area contributed by atoms with E-state index in [9.17, 15) is 4.79 Å². The molecule has 6 nitrogen and oxygen atoms in total. The average Bonchev–Trinajstić information content (AvgIpc) is 2.77. The molecule has 0 fully saturated rings. The normalized spacial score (nSPS) is 10.3. The number of aromatic nitrogens is 3. The fourth-order valence-electron chi connectivity index (χ4n) is 1.45. The lowest BCUT2D eigenvalue weighted by Crippen LogP contribution is -2.00. The predicted molar refractivity (Wildman–Crippen MR) is 67.0 cm³/mol. The molecule has 1 aromatic heterocycles. The van der Waals surface area contributed by atoms with Crippen molar-refractivity contribution in [3.8, 4) is 11.4 Å². The Labute approximate surface area is 111 Å². The monoisotopic (exact) mass is 311 g/mol. The van der Waals surface area contributed by atoms with Crippen LogP contribution in [0.3, 0.4) is 0 Å². The minimum Gasteiger partial charge on any atom is -0.497 e. The molecule has 0 spiro atoms. The van der Waals surface area contributed by atoms with Gasteiger partial charge in [0, 0.05) is 10.5 Å². The lowest BCUT2D eigenvalue weighted by Gasteiger charge is -2.06. The number of methoxy groups -OCH3 is 1. The highest BCUT2D eigenvalue weighted by molar-refractivity contribution is 9.10. The minimum absolute atomic E-state index is 0.151. The molecule has 1 heterocycles. The number of carboxylic acids is 1. The molecule has 0 atom stereocenters. The second-order valence-electron chi connectivity index (χ2n) is 3.54. The van der Waals surface area contributed by atoms with Crippen molar-refractivity contribution in [3.63, 3.8) is 0 Å². The number of nitrogens with zero attached hydrogens (tertiary/aromatic N) is 3. The summed E-state index contributed by atoms with van der Waals surface area (Å²) < 4.78 is 7.45. The summed E-state index contributed by atoms with van der Waals surface area (Å²) >= 11 is 3.40. The highest BCUT2D eigenvalue weighted by Crippen LogP contribution is 2.25. The Kier molecular flexibility index (Phi) is 3.61. The Hall–Kier alpha value is -1.89. The molecule has 0 aliphatic rings. The summed E-state index contributed by atoms with van der Waals surface area (Å²) in [5, 5.41) is 16.4. The summed E-state index contributed by atoms with van der Waals surface area (Å²) in [6, 6.07) is 5.42. The molecule has 94 valence electrons. The van der Waals surface area contributed by atoms with Crippen LogP contribution in [0.25, 0.3) is 5.69 Å². The predicted octanol–water partition coefficient (Wildman–Crippen LogP) is 1.67. The van der Waals surface area contributed by atoms with Crippen molar-refractivity contribution in [2.45, 2.75) is 6.42 Å². The summed E-state index contributed by atoms with van der Waals surface area (Å²) in [5.74, 6) is -0.254. The zero-order valence-corrected chi connectivity index (χ0v) is 11.1. The van der Waals surface area contributed by atoms with Crippen molar-refractivity contribution in [2.75, 3.05) is 7.11 Å². The zero-order valence-electron chi connectivity index (χ0n) is 9.50. The van der Waals surface area contributed by atoms with Crippen molar-refractivity contribution in [3.05, 3.63) is 34.6 Å². The maximum absolute atomic E-state index is 10.6. The van der Waals surface area contributed by atoms with Crippen LogP contribution >= 0.6 is 15.9 Å². The van der Waals surface area contributed by atoms with E-state index in [1.165, 1.54) is 4.68 Å². The van der Waals surface area contributed by atoms with Gasteiger partial charge in [0.05, 0.1) is 31.1 Å². The fourth-order valence-corrected chi connectivity index (χ4v) is 1.88. The van der Waals surface area contributed by atoms with E-state index in [1.54, 1.807) is 19.4 Å². The van der Waals surface area contributed by atoms with E-state index in [4.69, 9.17) is 9.84 Å². The number of benzene rings is 1. The van der Waals surface area contributed by atoms with Crippen molar-refractivity contribution in [1.29, 1.82) is 0 Å². The highest BCUT2D eigenvalue weighted by Gasteiger charge is 2.09. The molecule has 1 N–H and O–H groups in total. The summed E-state index contributed by atoms with van der Waals surface area (Å²) in [7, 11) is 1.57. The van der Waals surface area contributed by atoms with E-state index in [1.807, 2.05) is 12.1 Å². The second-order valence-corrected chi connectivity index (χ2v) is 4.40. The van der Waals surface area contributed by atoms with E-state index >= 15 is 0 Å². The topological polar surface area (TPSA) is 77.2 Å². The quantitative estimate of drug-likeness (QED) is 0.929. The van der Waals surface area contributed by atoms with Gasteiger partial charge in [-0.25, -0.2) is 4.68 Å². The first-order valence-corrected chi connectivity index (χ1v) is 5.86. The molecule has 18 heavy (non-hydrogen) atoms. The molecule has 0 aliphatic carbocycles. The number of halogens is 1. The fraction of sp³-hybridized carbons (Fsp3) is 0.182. The van der Waals surface area contributed by atoms with E-state index < -0.39 is 5.97 Å². The van der Waals surface area contributed by atoms with Crippen LogP contribution in [0.1, 0.15) is 5.69 Å². The molecular formula is C11H10BrN3O3. The van der Waals surface area contributed by atoms with Gasteiger partial charge >= 0.3 is 5.97 Å². The Morgan fingerprint density at radius 2 is 2.33 bits per heavy atom. The molecule has 0 aliphatic heterocycles. The van der Waals surface area contributed by atoms with Crippen LogP contribution in [0.4, 0.5) is 0 Å². The first-order chi connectivity index (χ1) is 8.60. The first kappa shape index (κ1) is 12.6. The Bertz CT molecular complexity index is 583. The van der Waals surface area contributed by atoms with Gasteiger partial charge in [0.25, 0.3) is 0 Å². The number of ether oxygens (including phenoxy) is 1. The second kappa shape index (κ2) is 5.18. The third-order valence-electron chi connectivity index (χ3n) is 2.27. The van der Waals surface area contributed by atoms with Crippen molar-refractivity contribution in [2.24, 2.45) is 0 Å². The lowest BCUT2D eigenvalue weighted by atomic mass is 10.3. The van der Waals surface area contributed by atoms with Gasteiger partial charge in [0.2, 0.25) is 0 Å². The standard InChI is InChI=1S/C11H10BrN3O3/c1-18-8-2-3-9(12)10(5-8)15-6-7(13-14-15)4-11(16)17/h2-3,5-6H,4H2,1H3,(H,16,17). The SMILES string of the molecule is COc1ccc(Br)c(-n2cc(CC(=O)O)nn2)c1. The summed E-state index contributed by atoms with van der Waals surface area (Å²) in [6.07, 6.45) is 1.43. The van der Waals surface area contributed by atoms with Crippen LogP contribution < -0.4 is 4.74 Å². The van der Waals surface area contributed by atoms with Gasteiger partial charge in [-0.3, -0.25) is 4.79 Å². The van der Waals surface area contributed by atoms with Crippen LogP contribution in [0.2, 0.25) is 0 Å². The molecule has 0 unspecified atom stereocenters. The number of carbonyl (C=O) groups is 1. The van der Waals surface area contributed by atoms with Crippen LogP contribution in [0, 0.1) is 0 Å². The van der Waals surface area contributed by atoms with Crippen LogP contribution in [0.5, 0.6) is 5.75 Å². The summed E-state index contributed by atoms with van der Waals surface area (Å²) in [6.45, 7) is 0. The summed E-state index contributed by atoms with van der Waals surface area (Å²) in [5.41, 5.74) is 1.13. The maximum atomic E-state index is 10.6. The average molecular weight is 312 g/mol. The van der Waals surface area contributed by atoms with E-state index in [2.05, 4.69) is 26.2 Å². The number of hydrogen-bond acceptors (Lipinski definition) is 4. The maximum Gasteiger partial charge on any atom is 0.309 e. The molecule has 0 bridgehead atoms. The number of aliphatic carboxylic acids is 1. The molecule has 0 radical (unpaired) electrons. The van der Waals surface area contributed by atoms with Gasteiger partial charge in [-0.15, -0.1) is 5.10 Å². The Morgan fingerprint density at radius 1 is 1.56 bits per heavy atom. The van der Waals surface area contributed by atoms with Crippen molar-refractivity contribution < 1.29 is 14.6 Å². The lowest BCUT2D eigenvalue weighted by molar-refractivity contribution is -0.136. The molecular weight excluding hydrogens is 302 g/mol. The molecule has 0 amide bonds. The molecule has 1 aromatic carbocycles. The van der Waals surface area contributed by atoms with E-state index in [0.29, 0.717) is 11.4 Å². The zero-order chi connectivity index (χ0) is 13.1. The Balaban J connectivity index is 2.36. The smallest absolute Gasteiger partial charge is 0.309 e. The number of hydrogen-bond donors (Lipinski definition) is 1. The van der Waals surface area contributed by atoms with Crippen LogP contribution in [-0.2, 0) is 11.2 Å². The van der Waals surface area contributed by atoms with Gasteiger partial charge in [0.15, 0.2) is 0 Å². The first-order valence-electron chi connectivity index (χ1n) is 5.07. The van der Waals surface area contributed by atoms with Gasteiger partial charge < -0.3 is 9.84 Å². The van der Waals surface area contributed by atoms with Crippen LogP contribution in [0.15, 0.2) is 28.9 Å². The molecule has 7 heteroatoms. The highest BCUT2D eigenvalue weighted by atomic mass is 79.9. The molecule has 0 saturated carbocycles. The number of rotatable bonds is 4. The molecule has 0 saturated heterocycles. The van der Waals surface area contributed by atoms with Crippen molar-refractivity contribution in [1.82, 2.24) is 15.0 Å². The third-order valence-corrected chi connectivity index (χ3v) is 2.94. The Morgan fingerprint density at radius 3 is 3.00 bits per heavy atom. The molecule has 2 aromatic rings. The van der Waals surface area contributed by atoms with E-state index in [0.717, 1.165) is 10.2 Å². The molecule has 2 rings (SSSR count). The summed E-state index contributed by atoms with van der Waals surface area (Å²) in [4.78, 5) is 10.6. The minimum atomic E-state index is -0.938. The van der Waals surface area contributed by atoms with Crippen molar-refractivity contribution >= 4 is 21.9 Å².